The van der Waals surface area contributed by atoms with Gasteiger partial charge in [-0.1, -0.05) is 6.07 Å². The van der Waals surface area contributed by atoms with Gasteiger partial charge >= 0.3 is 0 Å². The molecule has 114 valence electrons. The van der Waals surface area contributed by atoms with Gasteiger partial charge in [0.25, 0.3) is 0 Å². The first-order valence-electron chi connectivity index (χ1n) is 6.80. The van der Waals surface area contributed by atoms with E-state index in [0.29, 0.717) is 16.9 Å². The molecule has 0 fully saturated rings. The van der Waals surface area contributed by atoms with Crippen LogP contribution in [0, 0.1) is 0 Å². The quantitative estimate of drug-likeness (QED) is 0.731. The minimum absolute atomic E-state index is 0.0623. The second-order valence-corrected chi connectivity index (χ2v) is 4.80. The molecular weight excluding hydrogens is 282 g/mol. The normalized spacial score (nSPS) is 10.0. The third kappa shape index (κ3) is 4.59. The van der Waals surface area contributed by atoms with E-state index in [9.17, 15) is 14.7 Å². The highest BCUT2D eigenvalue weighted by atomic mass is 16.3. The maximum atomic E-state index is 11.9. The summed E-state index contributed by atoms with van der Waals surface area (Å²) in [6, 6.07) is 10.1. The third-order valence-electron chi connectivity index (χ3n) is 2.94. The summed E-state index contributed by atoms with van der Waals surface area (Å²) in [5.41, 5.74) is 1.77. The first-order chi connectivity index (χ1) is 10.5. The second-order valence-electron chi connectivity index (χ2n) is 4.80. The van der Waals surface area contributed by atoms with E-state index in [1.807, 2.05) is 6.07 Å². The fourth-order valence-corrected chi connectivity index (χ4v) is 1.93. The number of rotatable bonds is 5. The summed E-state index contributed by atoms with van der Waals surface area (Å²) in [5, 5.41) is 15.1. The van der Waals surface area contributed by atoms with Crippen molar-refractivity contribution in [2.24, 2.45) is 0 Å². The van der Waals surface area contributed by atoms with E-state index in [0.717, 1.165) is 0 Å². The number of aromatic hydroxyl groups is 1. The van der Waals surface area contributed by atoms with E-state index in [2.05, 4.69) is 15.6 Å². The molecule has 6 heteroatoms. The number of nitrogens with zero attached hydrogens (tertiary/aromatic N) is 1. The van der Waals surface area contributed by atoms with E-state index in [1.165, 1.54) is 13.0 Å². The molecular formula is C16H17N3O3. The Balaban J connectivity index is 1.95. The summed E-state index contributed by atoms with van der Waals surface area (Å²) < 4.78 is 0. The van der Waals surface area contributed by atoms with E-state index in [-0.39, 0.29) is 30.5 Å². The van der Waals surface area contributed by atoms with E-state index >= 15 is 0 Å². The average Bonchev–Trinajstić information content (AvgIpc) is 2.48. The van der Waals surface area contributed by atoms with Crippen LogP contribution in [-0.4, -0.2) is 21.9 Å². The van der Waals surface area contributed by atoms with E-state index in [4.69, 9.17) is 0 Å². The lowest BCUT2D eigenvalue weighted by molar-refractivity contribution is -0.120. The highest BCUT2D eigenvalue weighted by Gasteiger charge is 2.07. The molecule has 1 heterocycles. The molecule has 0 radical (unpaired) electrons. The molecule has 22 heavy (non-hydrogen) atoms. The Morgan fingerprint density at radius 2 is 2.05 bits per heavy atom. The SMILES string of the molecule is CC(=O)Nc1ccc(O)c(CNC(=O)Cc2ccccn2)c1. The summed E-state index contributed by atoms with van der Waals surface area (Å²) in [6.07, 6.45) is 1.80. The van der Waals surface area contributed by atoms with Gasteiger partial charge in [-0.15, -0.1) is 0 Å². The molecule has 6 nitrogen and oxygen atoms in total. The van der Waals surface area contributed by atoms with Crippen LogP contribution in [0.4, 0.5) is 5.69 Å². The molecule has 3 N–H and O–H groups in total. The van der Waals surface area contributed by atoms with Gasteiger partial charge in [-0.25, -0.2) is 0 Å². The van der Waals surface area contributed by atoms with Crippen molar-refractivity contribution in [2.75, 3.05) is 5.32 Å². The molecule has 2 rings (SSSR count). The largest absolute Gasteiger partial charge is 0.508 e. The topological polar surface area (TPSA) is 91.3 Å². The molecule has 0 unspecified atom stereocenters. The van der Waals surface area contributed by atoms with Crippen LogP contribution in [0.15, 0.2) is 42.6 Å². The molecule has 0 spiro atoms. The summed E-state index contributed by atoms with van der Waals surface area (Å²) in [5.74, 6) is -0.328. The Kier molecular flexibility index (Phi) is 5.08. The average molecular weight is 299 g/mol. The molecule has 2 amide bonds. The highest BCUT2D eigenvalue weighted by Crippen LogP contribution is 2.21. The minimum atomic E-state index is -0.198. The maximum Gasteiger partial charge on any atom is 0.226 e. The lowest BCUT2D eigenvalue weighted by Gasteiger charge is -2.09. The fourth-order valence-electron chi connectivity index (χ4n) is 1.93. The number of phenols is 1. The minimum Gasteiger partial charge on any atom is -0.508 e. The van der Waals surface area contributed by atoms with E-state index in [1.54, 1.807) is 30.5 Å². The van der Waals surface area contributed by atoms with Crippen LogP contribution in [-0.2, 0) is 22.6 Å². The molecule has 1 aromatic heterocycles. The number of anilines is 1. The number of carbonyl (C=O) groups is 2. The third-order valence-corrected chi connectivity index (χ3v) is 2.94. The highest BCUT2D eigenvalue weighted by molar-refractivity contribution is 5.88. The Labute approximate surface area is 128 Å². The molecule has 0 bridgehead atoms. The molecule has 0 saturated heterocycles. The number of aromatic nitrogens is 1. The smallest absolute Gasteiger partial charge is 0.226 e. The Hall–Kier alpha value is -2.89. The number of amides is 2. The molecule has 0 atom stereocenters. The van der Waals surface area contributed by atoms with Crippen molar-refractivity contribution in [3.63, 3.8) is 0 Å². The van der Waals surface area contributed by atoms with Crippen LogP contribution in [0.3, 0.4) is 0 Å². The van der Waals surface area contributed by atoms with Crippen molar-refractivity contribution >= 4 is 17.5 Å². The maximum absolute atomic E-state index is 11.9. The van der Waals surface area contributed by atoms with Crippen LogP contribution < -0.4 is 10.6 Å². The van der Waals surface area contributed by atoms with Gasteiger partial charge in [0, 0.05) is 36.6 Å². The monoisotopic (exact) mass is 299 g/mol. The van der Waals surface area contributed by atoms with Gasteiger partial charge in [0.1, 0.15) is 5.75 Å². The zero-order valence-corrected chi connectivity index (χ0v) is 12.2. The first kappa shape index (κ1) is 15.5. The number of nitrogens with one attached hydrogen (secondary N) is 2. The summed E-state index contributed by atoms with van der Waals surface area (Å²) >= 11 is 0. The Bertz CT molecular complexity index is 672. The van der Waals surface area contributed by atoms with Gasteiger partial charge in [-0.3, -0.25) is 14.6 Å². The van der Waals surface area contributed by atoms with Crippen LogP contribution in [0.5, 0.6) is 5.75 Å². The van der Waals surface area contributed by atoms with Crippen molar-refractivity contribution in [3.8, 4) is 5.75 Å². The first-order valence-corrected chi connectivity index (χ1v) is 6.80. The molecule has 0 aliphatic heterocycles. The van der Waals surface area contributed by atoms with Crippen LogP contribution in [0.25, 0.3) is 0 Å². The second kappa shape index (κ2) is 7.21. The van der Waals surface area contributed by atoms with Gasteiger partial charge in [0.15, 0.2) is 0 Å². The predicted molar refractivity (Wildman–Crippen MR) is 82.2 cm³/mol. The molecule has 0 saturated carbocycles. The number of hydrogen-bond donors (Lipinski definition) is 3. The predicted octanol–water partition coefficient (Wildman–Crippen LogP) is 1.60. The van der Waals surface area contributed by atoms with Gasteiger partial charge in [0.05, 0.1) is 6.42 Å². The number of carbonyl (C=O) groups excluding carboxylic acids is 2. The van der Waals surface area contributed by atoms with Crippen molar-refractivity contribution in [1.29, 1.82) is 0 Å². The van der Waals surface area contributed by atoms with Crippen LogP contribution >= 0.6 is 0 Å². The standard InChI is InChI=1S/C16H17N3O3/c1-11(20)19-14-5-6-15(21)12(8-14)10-18-16(22)9-13-4-2-3-7-17-13/h2-8,21H,9-10H2,1H3,(H,18,22)(H,19,20). The van der Waals surface area contributed by atoms with E-state index < -0.39 is 0 Å². The van der Waals surface area contributed by atoms with Crippen molar-refractivity contribution in [2.45, 2.75) is 19.9 Å². The zero-order chi connectivity index (χ0) is 15.9. The fraction of sp³-hybridized carbons (Fsp3) is 0.188. The number of benzene rings is 1. The zero-order valence-electron chi connectivity index (χ0n) is 12.2. The molecule has 1 aromatic carbocycles. The molecule has 0 aliphatic rings. The van der Waals surface area contributed by atoms with Crippen molar-refractivity contribution in [3.05, 3.63) is 53.9 Å². The van der Waals surface area contributed by atoms with Gasteiger partial charge in [0.2, 0.25) is 11.8 Å². The number of hydrogen-bond acceptors (Lipinski definition) is 4. The summed E-state index contributed by atoms with van der Waals surface area (Å²) in [7, 11) is 0. The lowest BCUT2D eigenvalue weighted by atomic mass is 10.1. The number of phenolic OH excluding ortho intramolecular Hbond substituents is 1. The van der Waals surface area contributed by atoms with Crippen LogP contribution in [0.1, 0.15) is 18.2 Å². The van der Waals surface area contributed by atoms with Gasteiger partial charge < -0.3 is 15.7 Å². The van der Waals surface area contributed by atoms with Gasteiger partial charge in [-0.2, -0.15) is 0 Å². The Morgan fingerprint density at radius 3 is 2.73 bits per heavy atom. The molecule has 0 aliphatic carbocycles. The Morgan fingerprint density at radius 1 is 1.23 bits per heavy atom. The lowest BCUT2D eigenvalue weighted by Crippen LogP contribution is -2.25. The summed E-state index contributed by atoms with van der Waals surface area (Å²) in [4.78, 5) is 27.0. The van der Waals surface area contributed by atoms with Crippen molar-refractivity contribution in [1.82, 2.24) is 10.3 Å². The molecule has 2 aromatic rings. The number of pyridine rings is 1. The van der Waals surface area contributed by atoms with Crippen molar-refractivity contribution < 1.29 is 14.7 Å². The summed E-state index contributed by atoms with van der Waals surface area (Å²) in [6.45, 7) is 1.58. The van der Waals surface area contributed by atoms with Gasteiger partial charge in [-0.05, 0) is 30.3 Å². The van der Waals surface area contributed by atoms with Crippen LogP contribution in [0.2, 0.25) is 0 Å².